The van der Waals surface area contributed by atoms with Gasteiger partial charge in [0.1, 0.15) is 0 Å². The Kier molecular flexibility index (Phi) is 5.88. The minimum Gasteiger partial charge on any atom is -0.396 e. The molecular formula is C16H31N3O2. The van der Waals surface area contributed by atoms with Crippen LogP contribution in [-0.2, 0) is 0 Å². The first-order chi connectivity index (χ1) is 10.0. The molecule has 0 unspecified atom stereocenters. The minimum absolute atomic E-state index is 0.0138. The number of carbonyl (C=O) groups excluding carboxylic acids is 1. The Morgan fingerprint density at radius 3 is 2.43 bits per heavy atom. The quantitative estimate of drug-likeness (QED) is 0.784. The van der Waals surface area contributed by atoms with Crippen LogP contribution < -0.4 is 5.32 Å². The fourth-order valence-corrected chi connectivity index (χ4v) is 3.19. The van der Waals surface area contributed by atoms with Gasteiger partial charge in [-0.3, -0.25) is 0 Å². The standard InChI is InChI=1S/C16H31N3O2/c1-14(11-19-9-5-3-4-6-10-19)17-15(21)18(2)12-16(13-20)7-8-16/h14,20H,3-13H2,1-2H3,(H,17,21)/t14-/m0/s1. The summed E-state index contributed by atoms with van der Waals surface area (Å²) < 4.78 is 0. The predicted octanol–water partition coefficient (Wildman–Crippen LogP) is 1.66. The molecule has 5 nitrogen and oxygen atoms in total. The number of rotatable bonds is 6. The lowest BCUT2D eigenvalue weighted by Crippen LogP contribution is -2.48. The van der Waals surface area contributed by atoms with Crippen LogP contribution in [-0.4, -0.2) is 66.8 Å². The van der Waals surface area contributed by atoms with Crippen LogP contribution in [0.25, 0.3) is 0 Å². The van der Waals surface area contributed by atoms with E-state index in [2.05, 4.69) is 17.1 Å². The molecule has 0 aromatic heterocycles. The number of hydrogen-bond acceptors (Lipinski definition) is 3. The van der Waals surface area contributed by atoms with Crippen molar-refractivity contribution in [3.63, 3.8) is 0 Å². The van der Waals surface area contributed by atoms with Gasteiger partial charge in [-0.1, -0.05) is 12.8 Å². The number of aliphatic hydroxyl groups is 1. The predicted molar refractivity (Wildman–Crippen MR) is 84.3 cm³/mol. The van der Waals surface area contributed by atoms with Crippen molar-refractivity contribution in [1.82, 2.24) is 15.1 Å². The number of urea groups is 1. The molecule has 122 valence electrons. The second-order valence-electron chi connectivity index (χ2n) is 7.08. The van der Waals surface area contributed by atoms with Gasteiger partial charge in [-0.25, -0.2) is 4.79 Å². The molecule has 0 radical (unpaired) electrons. The molecule has 0 bridgehead atoms. The lowest BCUT2D eigenvalue weighted by molar-refractivity contribution is 0.158. The lowest BCUT2D eigenvalue weighted by Gasteiger charge is -2.28. The van der Waals surface area contributed by atoms with E-state index in [1.54, 1.807) is 4.90 Å². The van der Waals surface area contributed by atoms with Gasteiger partial charge >= 0.3 is 6.03 Å². The maximum atomic E-state index is 12.2. The number of aliphatic hydroxyl groups excluding tert-OH is 1. The molecule has 0 aromatic rings. The number of hydrogen-bond donors (Lipinski definition) is 2. The van der Waals surface area contributed by atoms with E-state index in [1.165, 1.54) is 25.7 Å². The Labute approximate surface area is 128 Å². The smallest absolute Gasteiger partial charge is 0.317 e. The van der Waals surface area contributed by atoms with E-state index < -0.39 is 0 Å². The average molecular weight is 297 g/mol. The molecule has 0 aromatic carbocycles. The zero-order valence-corrected chi connectivity index (χ0v) is 13.6. The molecule has 2 fully saturated rings. The molecule has 2 rings (SSSR count). The Hall–Kier alpha value is -0.810. The van der Waals surface area contributed by atoms with Crippen LogP contribution in [0.15, 0.2) is 0 Å². The molecule has 2 N–H and O–H groups in total. The van der Waals surface area contributed by atoms with Crippen molar-refractivity contribution >= 4 is 6.03 Å². The van der Waals surface area contributed by atoms with Crippen LogP contribution in [0.4, 0.5) is 4.79 Å². The van der Waals surface area contributed by atoms with E-state index in [9.17, 15) is 9.90 Å². The first-order valence-electron chi connectivity index (χ1n) is 8.39. The van der Waals surface area contributed by atoms with Crippen LogP contribution in [0.5, 0.6) is 0 Å². The van der Waals surface area contributed by atoms with Crippen LogP contribution in [0.3, 0.4) is 0 Å². The molecule has 1 saturated heterocycles. The highest BCUT2D eigenvalue weighted by atomic mass is 16.3. The van der Waals surface area contributed by atoms with Crippen molar-refractivity contribution in [1.29, 1.82) is 0 Å². The zero-order chi connectivity index (χ0) is 15.3. The number of amides is 2. The second-order valence-corrected chi connectivity index (χ2v) is 7.08. The Balaban J connectivity index is 1.70. The van der Waals surface area contributed by atoms with Crippen molar-refractivity contribution in [3.05, 3.63) is 0 Å². The lowest BCUT2D eigenvalue weighted by atomic mass is 10.1. The molecule has 1 atom stereocenters. The summed E-state index contributed by atoms with van der Waals surface area (Å²) in [6, 6.07) is 0.152. The molecule has 2 aliphatic rings. The summed E-state index contributed by atoms with van der Waals surface area (Å²) >= 11 is 0. The van der Waals surface area contributed by atoms with Crippen molar-refractivity contribution in [2.45, 2.75) is 51.5 Å². The Bertz CT molecular complexity index is 336. The van der Waals surface area contributed by atoms with Gasteiger partial charge < -0.3 is 20.2 Å². The van der Waals surface area contributed by atoms with Crippen molar-refractivity contribution < 1.29 is 9.90 Å². The SMILES string of the molecule is C[C@@H](CN1CCCCCC1)NC(=O)N(C)CC1(CO)CC1. The van der Waals surface area contributed by atoms with E-state index in [0.717, 1.165) is 32.5 Å². The largest absolute Gasteiger partial charge is 0.396 e. The van der Waals surface area contributed by atoms with Crippen LogP contribution in [0.2, 0.25) is 0 Å². The van der Waals surface area contributed by atoms with Crippen LogP contribution >= 0.6 is 0 Å². The first kappa shape index (κ1) is 16.6. The van der Waals surface area contributed by atoms with E-state index in [1.807, 2.05) is 7.05 Å². The summed E-state index contributed by atoms with van der Waals surface area (Å²) in [4.78, 5) is 16.4. The number of carbonyl (C=O) groups is 1. The summed E-state index contributed by atoms with van der Waals surface area (Å²) in [5.41, 5.74) is -0.0138. The monoisotopic (exact) mass is 297 g/mol. The molecule has 0 spiro atoms. The van der Waals surface area contributed by atoms with E-state index in [0.29, 0.717) is 6.54 Å². The molecule has 1 aliphatic carbocycles. The zero-order valence-electron chi connectivity index (χ0n) is 13.6. The van der Waals surface area contributed by atoms with E-state index in [-0.39, 0.29) is 24.1 Å². The molecule has 1 saturated carbocycles. The summed E-state index contributed by atoms with van der Waals surface area (Å²) in [6.07, 6.45) is 7.29. The molecular weight excluding hydrogens is 266 g/mol. The second kappa shape index (κ2) is 7.45. The highest BCUT2D eigenvalue weighted by Crippen LogP contribution is 2.45. The summed E-state index contributed by atoms with van der Waals surface area (Å²) in [5, 5.41) is 12.4. The van der Waals surface area contributed by atoms with Crippen molar-refractivity contribution in [2.75, 3.05) is 39.8 Å². The molecule has 2 amide bonds. The van der Waals surface area contributed by atoms with Gasteiger partial charge in [0.2, 0.25) is 0 Å². The normalized spacial score (nSPS) is 23.2. The summed E-state index contributed by atoms with van der Waals surface area (Å²) in [6.45, 7) is 6.17. The van der Waals surface area contributed by atoms with Crippen molar-refractivity contribution in [3.8, 4) is 0 Å². The number of likely N-dealkylation sites (tertiary alicyclic amines) is 1. The van der Waals surface area contributed by atoms with Gasteiger partial charge in [0.25, 0.3) is 0 Å². The third-order valence-corrected chi connectivity index (χ3v) is 4.81. The average Bonchev–Trinajstić information content (AvgIpc) is 3.24. The van der Waals surface area contributed by atoms with E-state index in [4.69, 9.17) is 0 Å². The molecule has 1 heterocycles. The fraction of sp³-hybridized carbons (Fsp3) is 0.938. The van der Waals surface area contributed by atoms with Crippen molar-refractivity contribution in [2.24, 2.45) is 5.41 Å². The van der Waals surface area contributed by atoms with Crippen LogP contribution in [0, 0.1) is 5.41 Å². The van der Waals surface area contributed by atoms with Gasteiger partial charge in [0.15, 0.2) is 0 Å². The van der Waals surface area contributed by atoms with Gasteiger partial charge in [-0.05, 0) is 45.7 Å². The Morgan fingerprint density at radius 2 is 1.90 bits per heavy atom. The molecule has 5 heteroatoms. The van der Waals surface area contributed by atoms with Gasteiger partial charge in [-0.2, -0.15) is 0 Å². The van der Waals surface area contributed by atoms with Gasteiger partial charge in [-0.15, -0.1) is 0 Å². The summed E-state index contributed by atoms with van der Waals surface area (Å²) in [7, 11) is 1.82. The molecule has 21 heavy (non-hydrogen) atoms. The maximum absolute atomic E-state index is 12.2. The topological polar surface area (TPSA) is 55.8 Å². The first-order valence-corrected chi connectivity index (χ1v) is 8.39. The molecule has 1 aliphatic heterocycles. The fourth-order valence-electron chi connectivity index (χ4n) is 3.19. The number of nitrogens with zero attached hydrogens (tertiary/aromatic N) is 2. The van der Waals surface area contributed by atoms with Gasteiger partial charge in [0, 0.05) is 31.6 Å². The third-order valence-electron chi connectivity index (χ3n) is 4.81. The maximum Gasteiger partial charge on any atom is 0.317 e. The van der Waals surface area contributed by atoms with Crippen LogP contribution in [0.1, 0.15) is 45.4 Å². The minimum atomic E-state index is -0.0166. The van der Waals surface area contributed by atoms with Gasteiger partial charge in [0.05, 0.1) is 6.61 Å². The Morgan fingerprint density at radius 1 is 1.29 bits per heavy atom. The van der Waals surface area contributed by atoms with E-state index >= 15 is 0 Å². The third kappa shape index (κ3) is 5.15. The highest BCUT2D eigenvalue weighted by molar-refractivity contribution is 5.74. The number of nitrogens with one attached hydrogen (secondary N) is 1. The summed E-state index contributed by atoms with van der Waals surface area (Å²) in [5.74, 6) is 0. The highest BCUT2D eigenvalue weighted by Gasteiger charge is 2.43.